The van der Waals surface area contributed by atoms with Gasteiger partial charge in [-0.25, -0.2) is 0 Å². The fourth-order valence-electron chi connectivity index (χ4n) is 2.38. The van der Waals surface area contributed by atoms with Crippen molar-refractivity contribution in [3.63, 3.8) is 0 Å². The zero-order chi connectivity index (χ0) is 12.4. The maximum absolute atomic E-state index is 6.22. The molecule has 1 aromatic carbocycles. The molecule has 1 aliphatic rings. The van der Waals surface area contributed by atoms with Crippen LogP contribution >= 0.6 is 27.5 Å². The highest BCUT2D eigenvalue weighted by atomic mass is 79.9. The molecular weight excluding hydrogens is 300 g/mol. The molecule has 2 nitrogen and oxygen atoms in total. The summed E-state index contributed by atoms with van der Waals surface area (Å²) in [5.74, 6) is 0. The monoisotopic (exact) mass is 316 g/mol. The lowest BCUT2D eigenvalue weighted by Gasteiger charge is -2.36. The van der Waals surface area contributed by atoms with Gasteiger partial charge in [0.1, 0.15) is 0 Å². The van der Waals surface area contributed by atoms with Crippen molar-refractivity contribution in [2.24, 2.45) is 5.73 Å². The lowest BCUT2D eigenvalue weighted by atomic mass is 9.98. The number of piperidine rings is 1. The minimum atomic E-state index is 0.360. The summed E-state index contributed by atoms with van der Waals surface area (Å²) in [6.45, 7) is 4.21. The van der Waals surface area contributed by atoms with Gasteiger partial charge in [0.05, 0.1) is 0 Å². The van der Waals surface area contributed by atoms with E-state index in [1.807, 2.05) is 12.1 Å². The molecule has 1 aromatic rings. The molecule has 17 heavy (non-hydrogen) atoms. The van der Waals surface area contributed by atoms with Gasteiger partial charge in [-0.05, 0) is 43.5 Å². The zero-order valence-electron chi connectivity index (χ0n) is 10.00. The molecule has 4 heteroatoms. The van der Waals surface area contributed by atoms with Crippen molar-refractivity contribution in [1.29, 1.82) is 0 Å². The first-order valence-corrected chi connectivity index (χ1v) is 7.17. The summed E-state index contributed by atoms with van der Waals surface area (Å²) in [7, 11) is 0. The van der Waals surface area contributed by atoms with Gasteiger partial charge < -0.3 is 5.73 Å². The molecule has 1 saturated heterocycles. The van der Waals surface area contributed by atoms with E-state index in [4.69, 9.17) is 17.3 Å². The van der Waals surface area contributed by atoms with E-state index < -0.39 is 0 Å². The van der Waals surface area contributed by atoms with E-state index in [1.54, 1.807) is 0 Å². The van der Waals surface area contributed by atoms with Crippen LogP contribution in [0.4, 0.5) is 0 Å². The molecule has 1 fully saturated rings. The van der Waals surface area contributed by atoms with E-state index >= 15 is 0 Å². The first kappa shape index (κ1) is 13.3. The highest BCUT2D eigenvalue weighted by molar-refractivity contribution is 9.10. The van der Waals surface area contributed by atoms with Crippen LogP contribution in [0.15, 0.2) is 22.7 Å². The van der Waals surface area contributed by atoms with Crippen LogP contribution in [0.3, 0.4) is 0 Å². The molecule has 0 amide bonds. The van der Waals surface area contributed by atoms with E-state index in [0.29, 0.717) is 12.1 Å². The summed E-state index contributed by atoms with van der Waals surface area (Å²) < 4.78 is 1.08. The topological polar surface area (TPSA) is 29.3 Å². The maximum atomic E-state index is 6.22. The quantitative estimate of drug-likeness (QED) is 0.905. The number of hydrogen-bond donors (Lipinski definition) is 1. The summed E-state index contributed by atoms with van der Waals surface area (Å²) in [5.41, 5.74) is 7.16. The minimum Gasteiger partial charge on any atom is -0.328 e. The third-order valence-electron chi connectivity index (χ3n) is 3.44. The molecule has 2 unspecified atom stereocenters. The lowest BCUT2D eigenvalue weighted by molar-refractivity contribution is 0.140. The highest BCUT2D eigenvalue weighted by Crippen LogP contribution is 2.25. The maximum Gasteiger partial charge on any atom is 0.0451 e. The number of hydrogen-bond acceptors (Lipinski definition) is 2. The fourth-order valence-corrected chi connectivity index (χ4v) is 2.96. The Bertz CT molecular complexity index is 397. The number of benzene rings is 1. The van der Waals surface area contributed by atoms with Gasteiger partial charge in [-0.15, -0.1) is 0 Å². The third kappa shape index (κ3) is 3.44. The summed E-state index contributed by atoms with van der Waals surface area (Å²) in [5, 5.41) is 0.843. The molecule has 94 valence electrons. The van der Waals surface area contributed by atoms with Crippen molar-refractivity contribution >= 4 is 27.5 Å². The van der Waals surface area contributed by atoms with Crippen molar-refractivity contribution in [3.05, 3.63) is 33.3 Å². The van der Waals surface area contributed by atoms with Gasteiger partial charge in [0.15, 0.2) is 0 Å². The SMILES string of the molecule is CC1CC(N)CCN1Cc1cc(Br)ccc1Cl. The largest absolute Gasteiger partial charge is 0.328 e. The van der Waals surface area contributed by atoms with E-state index in [-0.39, 0.29) is 0 Å². The van der Waals surface area contributed by atoms with Gasteiger partial charge in [-0.2, -0.15) is 0 Å². The molecule has 0 aliphatic carbocycles. The lowest BCUT2D eigenvalue weighted by Crippen LogP contribution is -2.44. The van der Waals surface area contributed by atoms with Crippen molar-refractivity contribution < 1.29 is 0 Å². The molecule has 0 aromatic heterocycles. The third-order valence-corrected chi connectivity index (χ3v) is 4.30. The smallest absolute Gasteiger partial charge is 0.0451 e. The van der Waals surface area contributed by atoms with Gasteiger partial charge in [0, 0.05) is 34.7 Å². The second kappa shape index (κ2) is 5.70. The fraction of sp³-hybridized carbons (Fsp3) is 0.538. The van der Waals surface area contributed by atoms with Crippen LogP contribution in [-0.2, 0) is 6.54 Å². The van der Waals surface area contributed by atoms with Crippen LogP contribution in [0, 0.1) is 0 Å². The molecule has 0 radical (unpaired) electrons. The Labute approximate surface area is 116 Å². The number of nitrogens with two attached hydrogens (primary N) is 1. The zero-order valence-corrected chi connectivity index (χ0v) is 12.3. The van der Waals surface area contributed by atoms with Crippen molar-refractivity contribution in [1.82, 2.24) is 4.90 Å². The van der Waals surface area contributed by atoms with Crippen LogP contribution in [-0.4, -0.2) is 23.5 Å². The average molecular weight is 318 g/mol. The minimum absolute atomic E-state index is 0.360. The Balaban J connectivity index is 2.07. The van der Waals surface area contributed by atoms with E-state index in [2.05, 4.69) is 33.8 Å². The first-order valence-electron chi connectivity index (χ1n) is 6.00. The Morgan fingerprint density at radius 3 is 3.00 bits per heavy atom. The number of rotatable bonds is 2. The second-order valence-electron chi connectivity index (χ2n) is 4.84. The summed E-state index contributed by atoms with van der Waals surface area (Å²) in [6.07, 6.45) is 2.15. The molecule has 2 N–H and O–H groups in total. The molecule has 0 saturated carbocycles. The Kier molecular flexibility index (Phi) is 4.47. The molecule has 2 rings (SSSR count). The van der Waals surface area contributed by atoms with Crippen molar-refractivity contribution in [3.8, 4) is 0 Å². The van der Waals surface area contributed by atoms with E-state index in [0.717, 1.165) is 35.4 Å². The van der Waals surface area contributed by atoms with E-state index in [9.17, 15) is 0 Å². The predicted molar refractivity (Wildman–Crippen MR) is 76.2 cm³/mol. The summed E-state index contributed by atoms with van der Waals surface area (Å²) in [4.78, 5) is 2.46. The molecule has 1 aliphatic heterocycles. The number of nitrogens with zero attached hydrogens (tertiary/aromatic N) is 1. The van der Waals surface area contributed by atoms with Gasteiger partial charge in [-0.1, -0.05) is 27.5 Å². The Hall–Kier alpha value is -0.0900. The van der Waals surface area contributed by atoms with Crippen LogP contribution in [0.2, 0.25) is 5.02 Å². The molecule has 0 spiro atoms. The van der Waals surface area contributed by atoms with Crippen molar-refractivity contribution in [2.45, 2.75) is 38.4 Å². The van der Waals surface area contributed by atoms with Crippen LogP contribution in [0.25, 0.3) is 0 Å². The van der Waals surface area contributed by atoms with Gasteiger partial charge in [-0.3, -0.25) is 4.90 Å². The highest BCUT2D eigenvalue weighted by Gasteiger charge is 2.23. The summed E-state index contributed by atoms with van der Waals surface area (Å²) in [6, 6.07) is 6.92. The Morgan fingerprint density at radius 1 is 1.53 bits per heavy atom. The predicted octanol–water partition coefficient (Wildman–Crippen LogP) is 3.41. The summed E-state index contributed by atoms with van der Waals surface area (Å²) >= 11 is 9.71. The van der Waals surface area contributed by atoms with Gasteiger partial charge >= 0.3 is 0 Å². The standard InChI is InChI=1S/C13H18BrClN2/c1-9-6-12(16)4-5-17(9)8-10-7-11(14)2-3-13(10)15/h2-3,7,9,12H,4-6,8,16H2,1H3. The normalized spacial score (nSPS) is 26.1. The average Bonchev–Trinajstić information content (AvgIpc) is 2.27. The first-order chi connectivity index (χ1) is 8.06. The van der Waals surface area contributed by atoms with Crippen LogP contribution in [0.5, 0.6) is 0 Å². The van der Waals surface area contributed by atoms with Crippen LogP contribution in [0.1, 0.15) is 25.3 Å². The number of likely N-dealkylation sites (tertiary alicyclic amines) is 1. The van der Waals surface area contributed by atoms with Gasteiger partial charge in [0.25, 0.3) is 0 Å². The molecule has 1 heterocycles. The molecular formula is C13H18BrClN2. The van der Waals surface area contributed by atoms with E-state index in [1.165, 1.54) is 5.56 Å². The van der Waals surface area contributed by atoms with Crippen LogP contribution < -0.4 is 5.73 Å². The number of halogens is 2. The Morgan fingerprint density at radius 2 is 2.29 bits per heavy atom. The van der Waals surface area contributed by atoms with Crippen molar-refractivity contribution in [2.75, 3.05) is 6.54 Å². The van der Waals surface area contributed by atoms with Gasteiger partial charge in [0.2, 0.25) is 0 Å². The molecule has 0 bridgehead atoms. The molecule has 2 atom stereocenters. The second-order valence-corrected chi connectivity index (χ2v) is 6.16.